The minimum absolute atomic E-state index is 0.00802. The van der Waals surface area contributed by atoms with Gasteiger partial charge in [-0.2, -0.15) is 13.2 Å². The van der Waals surface area contributed by atoms with Crippen LogP contribution in [-0.2, 0) is 9.53 Å². The van der Waals surface area contributed by atoms with E-state index in [4.69, 9.17) is 0 Å². The van der Waals surface area contributed by atoms with Gasteiger partial charge in [-0.1, -0.05) is 23.5 Å². The molecule has 0 saturated carbocycles. The van der Waals surface area contributed by atoms with E-state index in [-0.39, 0.29) is 10.9 Å². The number of rotatable bonds is 5. The number of aryl methyl sites for hydroxylation is 1. The number of carbonyl (C=O) groups excluding carboxylic acids is 1. The number of halogens is 3. The Labute approximate surface area is 156 Å². The van der Waals surface area contributed by atoms with Crippen molar-refractivity contribution in [2.24, 2.45) is 0 Å². The number of fused-ring (bicyclic) bond motifs is 1. The van der Waals surface area contributed by atoms with E-state index in [1.165, 1.54) is 12.3 Å². The zero-order valence-electron chi connectivity index (χ0n) is 14.3. The van der Waals surface area contributed by atoms with Crippen LogP contribution >= 0.6 is 11.3 Å². The third-order valence-electron chi connectivity index (χ3n) is 3.78. The SMILES string of the molecule is COC(=O)[C@](Nc1cc(C)cc[nH+]1)(Nc1nc2ccccc2s1)C(F)(F)F. The molecule has 2 heterocycles. The summed E-state index contributed by atoms with van der Waals surface area (Å²) in [4.78, 5) is 19.1. The van der Waals surface area contributed by atoms with Gasteiger partial charge in [-0.15, -0.1) is 0 Å². The Kier molecular flexibility index (Phi) is 4.92. The van der Waals surface area contributed by atoms with E-state index in [1.807, 2.05) is 0 Å². The van der Waals surface area contributed by atoms with Crippen LogP contribution in [0.25, 0.3) is 10.2 Å². The van der Waals surface area contributed by atoms with Crippen molar-refractivity contribution in [3.05, 3.63) is 48.2 Å². The lowest BCUT2D eigenvalue weighted by atomic mass is 10.1. The van der Waals surface area contributed by atoms with Crippen LogP contribution < -0.4 is 15.6 Å². The quantitative estimate of drug-likeness (QED) is 0.510. The van der Waals surface area contributed by atoms with E-state index < -0.39 is 17.8 Å². The molecule has 6 nitrogen and oxygen atoms in total. The predicted molar refractivity (Wildman–Crippen MR) is 95.4 cm³/mol. The number of aromatic amines is 1. The second kappa shape index (κ2) is 7.03. The van der Waals surface area contributed by atoms with Crippen LogP contribution in [0.3, 0.4) is 0 Å². The average molecular weight is 397 g/mol. The van der Waals surface area contributed by atoms with Crippen LogP contribution in [0.15, 0.2) is 42.6 Å². The predicted octanol–water partition coefficient (Wildman–Crippen LogP) is 3.37. The number of esters is 1. The smallest absolute Gasteiger partial charge is 0.464 e. The van der Waals surface area contributed by atoms with Crippen molar-refractivity contribution in [2.75, 3.05) is 17.7 Å². The Morgan fingerprint density at radius 1 is 1.22 bits per heavy atom. The highest BCUT2D eigenvalue weighted by Gasteiger charge is 2.67. The van der Waals surface area contributed by atoms with Gasteiger partial charge in [0.05, 0.1) is 23.5 Å². The van der Waals surface area contributed by atoms with Gasteiger partial charge in [0.25, 0.3) is 5.82 Å². The number of benzene rings is 1. The normalized spacial score (nSPS) is 13.8. The fourth-order valence-electron chi connectivity index (χ4n) is 2.48. The van der Waals surface area contributed by atoms with Crippen molar-refractivity contribution in [1.29, 1.82) is 0 Å². The number of carbonyl (C=O) groups is 1. The summed E-state index contributed by atoms with van der Waals surface area (Å²) in [5.74, 6) is -1.55. The van der Waals surface area contributed by atoms with Crippen molar-refractivity contribution in [3.63, 3.8) is 0 Å². The van der Waals surface area contributed by atoms with Gasteiger partial charge in [0.15, 0.2) is 5.13 Å². The number of alkyl halides is 3. The van der Waals surface area contributed by atoms with Gasteiger partial charge < -0.3 is 10.1 Å². The van der Waals surface area contributed by atoms with Crippen LogP contribution in [0.2, 0.25) is 0 Å². The fourth-order valence-corrected chi connectivity index (χ4v) is 3.41. The number of anilines is 2. The first kappa shape index (κ1) is 18.9. The van der Waals surface area contributed by atoms with E-state index in [0.29, 0.717) is 15.8 Å². The summed E-state index contributed by atoms with van der Waals surface area (Å²) in [6.07, 6.45) is -3.57. The first-order valence-corrected chi connectivity index (χ1v) is 8.62. The number of methoxy groups -OCH3 is 1. The first-order chi connectivity index (χ1) is 12.7. The van der Waals surface area contributed by atoms with E-state index in [0.717, 1.165) is 18.4 Å². The molecule has 0 radical (unpaired) electrons. The third kappa shape index (κ3) is 3.65. The topological polar surface area (TPSA) is 77.4 Å². The van der Waals surface area contributed by atoms with Gasteiger partial charge in [0, 0.05) is 6.07 Å². The van der Waals surface area contributed by atoms with Gasteiger partial charge in [0.1, 0.15) is 0 Å². The zero-order valence-corrected chi connectivity index (χ0v) is 15.2. The maximum absolute atomic E-state index is 14.1. The van der Waals surface area contributed by atoms with Gasteiger partial charge in [-0.25, -0.2) is 20.1 Å². The molecule has 0 aliphatic carbocycles. The Balaban J connectivity index is 2.08. The number of H-pyrrole nitrogens is 1. The number of pyridine rings is 1. The lowest BCUT2D eigenvalue weighted by molar-refractivity contribution is -0.362. The highest BCUT2D eigenvalue weighted by molar-refractivity contribution is 7.22. The number of thiazole rings is 1. The van der Waals surface area contributed by atoms with Gasteiger partial charge in [-0.3, -0.25) is 0 Å². The molecule has 3 aromatic rings. The molecule has 0 amide bonds. The number of hydrogen-bond donors (Lipinski definition) is 2. The average Bonchev–Trinajstić information content (AvgIpc) is 3.01. The van der Waals surface area contributed by atoms with E-state index >= 15 is 0 Å². The monoisotopic (exact) mass is 397 g/mol. The summed E-state index contributed by atoms with van der Waals surface area (Å²) < 4.78 is 47.4. The minimum atomic E-state index is -5.03. The summed E-state index contributed by atoms with van der Waals surface area (Å²) in [7, 11) is 0.893. The number of aromatic nitrogens is 2. The molecule has 0 spiro atoms. The van der Waals surface area contributed by atoms with Crippen molar-refractivity contribution < 1.29 is 27.7 Å². The van der Waals surface area contributed by atoms with Crippen LogP contribution in [0.4, 0.5) is 24.1 Å². The van der Waals surface area contributed by atoms with Crippen LogP contribution in [0, 0.1) is 6.92 Å². The van der Waals surface area contributed by atoms with Crippen LogP contribution in [0.5, 0.6) is 0 Å². The summed E-state index contributed by atoms with van der Waals surface area (Å²) in [6.45, 7) is 1.72. The molecule has 2 aromatic heterocycles. The maximum atomic E-state index is 14.1. The Bertz CT molecular complexity index is 943. The molecule has 3 N–H and O–H groups in total. The lowest BCUT2D eigenvalue weighted by Crippen LogP contribution is -2.64. The minimum Gasteiger partial charge on any atom is -0.464 e. The number of nitrogens with one attached hydrogen (secondary N) is 3. The van der Waals surface area contributed by atoms with E-state index in [9.17, 15) is 18.0 Å². The second-order valence-corrected chi connectivity index (χ2v) is 6.79. The van der Waals surface area contributed by atoms with E-state index in [2.05, 4.69) is 25.3 Å². The van der Waals surface area contributed by atoms with Crippen molar-refractivity contribution in [1.82, 2.24) is 4.98 Å². The molecule has 1 aromatic carbocycles. The Hall–Kier alpha value is -2.88. The molecule has 27 heavy (non-hydrogen) atoms. The standard InChI is InChI=1S/C17H15F3N4O2S/c1-10-7-8-21-13(9-10)23-16(14(25)26-2,17(18,19)20)24-15-22-11-5-3-4-6-12(11)27-15/h3-9H,1-2H3,(H,21,23)(H,22,24)/p+1/t16-/m0/s1. The van der Waals surface area contributed by atoms with Crippen LogP contribution in [0.1, 0.15) is 5.56 Å². The van der Waals surface area contributed by atoms with Gasteiger partial charge in [0.2, 0.25) is 0 Å². The zero-order chi connectivity index (χ0) is 19.7. The molecule has 1 atom stereocenters. The highest BCUT2D eigenvalue weighted by atomic mass is 32.1. The lowest BCUT2D eigenvalue weighted by Gasteiger charge is -2.30. The van der Waals surface area contributed by atoms with Crippen LogP contribution in [-0.4, -0.2) is 29.9 Å². The van der Waals surface area contributed by atoms with Gasteiger partial charge in [-0.05, 0) is 30.7 Å². The molecule has 0 aliphatic rings. The number of nitrogens with zero attached hydrogens (tertiary/aromatic N) is 1. The summed E-state index contributed by atoms with van der Waals surface area (Å²) in [5, 5.41) is 4.36. The molecule has 0 unspecified atom stereocenters. The van der Waals surface area contributed by atoms with Crippen molar-refractivity contribution >= 4 is 38.5 Å². The number of hydrogen-bond acceptors (Lipinski definition) is 6. The Morgan fingerprint density at radius 3 is 2.59 bits per heavy atom. The van der Waals surface area contributed by atoms with Crippen molar-refractivity contribution in [2.45, 2.75) is 18.8 Å². The van der Waals surface area contributed by atoms with Crippen molar-refractivity contribution in [3.8, 4) is 0 Å². The van der Waals surface area contributed by atoms with Gasteiger partial charge >= 0.3 is 17.8 Å². The van der Waals surface area contributed by atoms with E-state index in [1.54, 1.807) is 37.3 Å². The molecule has 142 valence electrons. The molecule has 0 saturated heterocycles. The molecule has 3 rings (SSSR count). The Morgan fingerprint density at radius 2 is 1.96 bits per heavy atom. The summed E-state index contributed by atoms with van der Waals surface area (Å²) >= 11 is 1.00. The maximum Gasteiger partial charge on any atom is 0.464 e. The molecular weight excluding hydrogens is 381 g/mol. The number of ether oxygens (including phenoxy) is 1. The molecule has 0 fully saturated rings. The summed E-state index contributed by atoms with van der Waals surface area (Å²) in [5.41, 5.74) is -2.00. The first-order valence-electron chi connectivity index (χ1n) is 7.80. The fraction of sp³-hybridized carbons (Fsp3) is 0.235. The molecular formula is C17H16F3N4O2S+. The summed E-state index contributed by atoms with van der Waals surface area (Å²) in [6, 6.07) is 10.0. The second-order valence-electron chi connectivity index (χ2n) is 5.76. The molecule has 10 heteroatoms. The highest BCUT2D eigenvalue weighted by Crippen LogP contribution is 2.37. The molecule has 0 aliphatic heterocycles. The molecule has 0 bridgehead atoms. The third-order valence-corrected chi connectivity index (χ3v) is 4.74. The largest absolute Gasteiger partial charge is 0.464 e. The number of para-hydroxylation sites is 1.